The Balaban J connectivity index is 2.22. The molecule has 0 bridgehead atoms. The third-order valence-electron chi connectivity index (χ3n) is 2.11. The van der Waals surface area contributed by atoms with Crippen LogP contribution in [0.2, 0.25) is 0 Å². The second kappa shape index (κ2) is 4.63. The average molecular weight is 236 g/mol. The first kappa shape index (κ1) is 11.1. The molecule has 0 aromatic carbocycles. The van der Waals surface area contributed by atoms with Gasteiger partial charge in [0, 0.05) is 13.2 Å². The van der Waals surface area contributed by atoms with Crippen molar-refractivity contribution < 1.29 is 5.11 Å². The quantitative estimate of drug-likeness (QED) is 0.873. The Hall–Kier alpha value is -1.40. The molecule has 0 aliphatic rings. The van der Waals surface area contributed by atoms with E-state index in [1.54, 1.807) is 23.9 Å². The zero-order chi connectivity index (χ0) is 11.5. The number of pyridine rings is 1. The Bertz CT molecular complexity index is 483. The molecule has 0 amide bonds. The smallest absolute Gasteiger partial charge is 0.192 e. The minimum atomic E-state index is -0.484. The monoisotopic (exact) mass is 236 g/mol. The molecule has 0 aliphatic carbocycles. The van der Waals surface area contributed by atoms with Gasteiger partial charge in [-0.2, -0.15) is 5.10 Å². The lowest BCUT2D eigenvalue weighted by Gasteiger charge is -2.05. The standard InChI is InChI=1S/C10H12N4OS/c1-7(15)8-3-4-11-9(5-8)16-10-12-6-13-14(10)2/h3-7,15H,1-2H3. The minimum Gasteiger partial charge on any atom is -0.389 e. The van der Waals surface area contributed by atoms with Crippen LogP contribution in [0.25, 0.3) is 0 Å². The highest BCUT2D eigenvalue weighted by Gasteiger charge is 2.07. The number of nitrogens with zero attached hydrogens (tertiary/aromatic N) is 4. The molecule has 2 heterocycles. The van der Waals surface area contributed by atoms with Crippen LogP contribution in [0.15, 0.2) is 34.8 Å². The van der Waals surface area contributed by atoms with Crippen molar-refractivity contribution in [3.8, 4) is 0 Å². The van der Waals surface area contributed by atoms with Crippen LogP contribution in [0.4, 0.5) is 0 Å². The van der Waals surface area contributed by atoms with Crippen molar-refractivity contribution in [3.63, 3.8) is 0 Å². The molecule has 84 valence electrons. The maximum atomic E-state index is 9.46. The molecule has 2 rings (SSSR count). The lowest BCUT2D eigenvalue weighted by molar-refractivity contribution is 0.199. The van der Waals surface area contributed by atoms with Gasteiger partial charge in [-0.3, -0.25) is 0 Å². The fourth-order valence-electron chi connectivity index (χ4n) is 1.21. The summed E-state index contributed by atoms with van der Waals surface area (Å²) < 4.78 is 1.68. The molecule has 0 saturated heterocycles. The van der Waals surface area contributed by atoms with Crippen LogP contribution in [-0.2, 0) is 7.05 Å². The summed E-state index contributed by atoms with van der Waals surface area (Å²) in [6.07, 6.45) is 2.70. The molecule has 5 nitrogen and oxygen atoms in total. The molecule has 0 aliphatic heterocycles. The van der Waals surface area contributed by atoms with Crippen molar-refractivity contribution in [3.05, 3.63) is 30.2 Å². The second-order valence-electron chi connectivity index (χ2n) is 3.37. The van der Waals surface area contributed by atoms with Crippen molar-refractivity contribution in [1.82, 2.24) is 19.7 Å². The van der Waals surface area contributed by atoms with Crippen molar-refractivity contribution in [2.24, 2.45) is 7.05 Å². The van der Waals surface area contributed by atoms with Gasteiger partial charge in [0.1, 0.15) is 11.4 Å². The molecule has 0 saturated carbocycles. The molecule has 0 spiro atoms. The summed E-state index contributed by atoms with van der Waals surface area (Å²) >= 11 is 1.42. The van der Waals surface area contributed by atoms with E-state index in [-0.39, 0.29) is 0 Å². The topological polar surface area (TPSA) is 63.8 Å². The summed E-state index contributed by atoms with van der Waals surface area (Å²) in [5, 5.41) is 15.0. The molecular formula is C10H12N4OS. The van der Waals surface area contributed by atoms with E-state index in [1.165, 1.54) is 18.1 Å². The zero-order valence-electron chi connectivity index (χ0n) is 9.03. The number of aliphatic hydroxyl groups is 1. The molecule has 2 aromatic rings. The highest BCUT2D eigenvalue weighted by atomic mass is 32.2. The van der Waals surface area contributed by atoms with Crippen LogP contribution >= 0.6 is 11.8 Å². The number of aromatic nitrogens is 4. The first-order valence-corrected chi connectivity index (χ1v) is 5.64. The summed E-state index contributed by atoms with van der Waals surface area (Å²) in [5.41, 5.74) is 0.847. The number of rotatable bonds is 3. The van der Waals surface area contributed by atoms with E-state index < -0.39 is 6.10 Å². The first-order chi connectivity index (χ1) is 7.66. The van der Waals surface area contributed by atoms with E-state index in [9.17, 15) is 5.11 Å². The second-order valence-corrected chi connectivity index (χ2v) is 4.36. The predicted octanol–water partition coefficient (Wildman–Crippen LogP) is 1.41. The van der Waals surface area contributed by atoms with Crippen LogP contribution in [0.1, 0.15) is 18.6 Å². The van der Waals surface area contributed by atoms with Crippen LogP contribution in [0, 0.1) is 0 Å². The van der Waals surface area contributed by atoms with E-state index in [4.69, 9.17) is 0 Å². The van der Waals surface area contributed by atoms with Crippen LogP contribution in [0.3, 0.4) is 0 Å². The third-order valence-corrected chi connectivity index (χ3v) is 3.09. The van der Waals surface area contributed by atoms with Gasteiger partial charge in [-0.1, -0.05) is 0 Å². The number of hydrogen-bond acceptors (Lipinski definition) is 5. The zero-order valence-corrected chi connectivity index (χ0v) is 9.85. The normalized spacial score (nSPS) is 12.7. The van der Waals surface area contributed by atoms with Crippen molar-refractivity contribution in [1.29, 1.82) is 0 Å². The molecule has 16 heavy (non-hydrogen) atoms. The van der Waals surface area contributed by atoms with E-state index in [0.717, 1.165) is 15.7 Å². The van der Waals surface area contributed by atoms with E-state index in [1.807, 2.05) is 13.1 Å². The maximum absolute atomic E-state index is 9.46. The molecule has 6 heteroatoms. The van der Waals surface area contributed by atoms with Gasteiger partial charge in [-0.15, -0.1) is 0 Å². The predicted molar refractivity (Wildman–Crippen MR) is 60.0 cm³/mol. The molecular weight excluding hydrogens is 224 g/mol. The summed E-state index contributed by atoms with van der Waals surface area (Å²) in [6.45, 7) is 1.73. The van der Waals surface area contributed by atoms with Gasteiger partial charge in [-0.05, 0) is 36.4 Å². The Labute approximate surface area is 97.5 Å². The van der Waals surface area contributed by atoms with Crippen LogP contribution in [0.5, 0.6) is 0 Å². The largest absolute Gasteiger partial charge is 0.389 e. The van der Waals surface area contributed by atoms with Crippen LogP contribution in [-0.4, -0.2) is 24.9 Å². The maximum Gasteiger partial charge on any atom is 0.192 e. The van der Waals surface area contributed by atoms with Gasteiger partial charge < -0.3 is 5.11 Å². The Morgan fingerprint density at radius 1 is 1.44 bits per heavy atom. The van der Waals surface area contributed by atoms with Crippen molar-refractivity contribution >= 4 is 11.8 Å². The summed E-state index contributed by atoms with van der Waals surface area (Å²) in [4.78, 5) is 8.31. The van der Waals surface area contributed by atoms with Gasteiger partial charge in [0.25, 0.3) is 0 Å². The number of aryl methyl sites for hydroxylation is 1. The number of aliphatic hydroxyl groups excluding tert-OH is 1. The molecule has 0 fully saturated rings. The highest BCUT2D eigenvalue weighted by molar-refractivity contribution is 7.99. The van der Waals surface area contributed by atoms with E-state index in [0.29, 0.717) is 0 Å². The third kappa shape index (κ3) is 2.40. The van der Waals surface area contributed by atoms with Crippen LogP contribution < -0.4 is 0 Å². The van der Waals surface area contributed by atoms with Crippen molar-refractivity contribution in [2.45, 2.75) is 23.2 Å². The summed E-state index contributed by atoms with van der Waals surface area (Å²) in [7, 11) is 1.83. The first-order valence-electron chi connectivity index (χ1n) is 4.82. The average Bonchev–Trinajstić information content (AvgIpc) is 2.65. The summed E-state index contributed by atoms with van der Waals surface area (Å²) in [6, 6.07) is 3.65. The molecule has 1 unspecified atom stereocenters. The highest BCUT2D eigenvalue weighted by Crippen LogP contribution is 2.25. The molecule has 2 aromatic heterocycles. The van der Waals surface area contributed by atoms with Gasteiger partial charge in [-0.25, -0.2) is 14.6 Å². The minimum absolute atomic E-state index is 0.484. The SMILES string of the molecule is CC(O)c1ccnc(Sc2ncnn2C)c1. The van der Waals surface area contributed by atoms with Gasteiger partial charge in [0.05, 0.1) is 6.10 Å². The van der Waals surface area contributed by atoms with Gasteiger partial charge in [0.2, 0.25) is 0 Å². The molecule has 1 N–H and O–H groups in total. The molecule has 1 atom stereocenters. The lowest BCUT2D eigenvalue weighted by atomic mass is 10.2. The Morgan fingerprint density at radius 2 is 2.25 bits per heavy atom. The molecule has 0 radical (unpaired) electrons. The fourth-order valence-corrected chi connectivity index (χ4v) is 1.99. The van der Waals surface area contributed by atoms with Gasteiger partial charge in [0.15, 0.2) is 5.16 Å². The lowest BCUT2D eigenvalue weighted by Crippen LogP contribution is -1.95. The van der Waals surface area contributed by atoms with Crippen molar-refractivity contribution in [2.75, 3.05) is 0 Å². The van der Waals surface area contributed by atoms with E-state index >= 15 is 0 Å². The summed E-state index contributed by atoms with van der Waals surface area (Å²) in [5.74, 6) is 0. The Kier molecular flexibility index (Phi) is 3.21. The number of hydrogen-bond donors (Lipinski definition) is 1. The van der Waals surface area contributed by atoms with E-state index in [2.05, 4.69) is 15.1 Å². The van der Waals surface area contributed by atoms with Gasteiger partial charge >= 0.3 is 0 Å². The fraction of sp³-hybridized carbons (Fsp3) is 0.300. The Morgan fingerprint density at radius 3 is 2.88 bits per heavy atom.